The normalized spacial score (nSPS) is 14.7. The van der Waals surface area contributed by atoms with Crippen LogP contribution in [0.2, 0.25) is 0 Å². The number of rotatable bonds is 5. The van der Waals surface area contributed by atoms with Gasteiger partial charge in [-0.2, -0.15) is 0 Å². The zero-order valence-electron chi connectivity index (χ0n) is 15.0. The smallest absolute Gasteiger partial charge is 0.279 e. The van der Waals surface area contributed by atoms with Gasteiger partial charge >= 0.3 is 0 Å². The molecule has 0 aromatic heterocycles. The van der Waals surface area contributed by atoms with Crippen molar-refractivity contribution in [3.63, 3.8) is 0 Å². The van der Waals surface area contributed by atoms with Gasteiger partial charge in [-0.3, -0.25) is 9.59 Å². The highest BCUT2D eigenvalue weighted by Crippen LogP contribution is 2.14. The summed E-state index contributed by atoms with van der Waals surface area (Å²) in [6.07, 6.45) is 0. The number of amides is 2. The quantitative estimate of drug-likeness (QED) is 0.751. The summed E-state index contributed by atoms with van der Waals surface area (Å²) in [5.74, 6) is -0.0968. The van der Waals surface area contributed by atoms with Gasteiger partial charge in [0.25, 0.3) is 5.91 Å². The molecule has 6 heteroatoms. The van der Waals surface area contributed by atoms with E-state index in [1.54, 1.807) is 24.3 Å². The van der Waals surface area contributed by atoms with Gasteiger partial charge in [0, 0.05) is 24.0 Å². The van der Waals surface area contributed by atoms with Gasteiger partial charge in [0.1, 0.15) is 0 Å². The molecule has 136 valence electrons. The third kappa shape index (κ3) is 5.07. The molecular weight excluding hydrogens is 328 g/mol. The van der Waals surface area contributed by atoms with Crippen molar-refractivity contribution in [2.75, 3.05) is 48.3 Å². The van der Waals surface area contributed by atoms with Crippen LogP contribution in [0.3, 0.4) is 0 Å². The van der Waals surface area contributed by atoms with E-state index in [-0.39, 0.29) is 11.8 Å². The Kier molecular flexibility index (Phi) is 5.86. The van der Waals surface area contributed by atoms with Crippen LogP contribution >= 0.6 is 0 Å². The Morgan fingerprint density at radius 2 is 1.50 bits per heavy atom. The zero-order valence-corrected chi connectivity index (χ0v) is 15.0. The van der Waals surface area contributed by atoms with Crippen LogP contribution in [0.4, 0.5) is 17.1 Å². The number of hydrogen-bond donors (Lipinski definition) is 3. The van der Waals surface area contributed by atoms with Crippen molar-refractivity contribution in [2.24, 2.45) is 0 Å². The molecule has 1 aliphatic heterocycles. The van der Waals surface area contributed by atoms with Crippen LogP contribution < -0.4 is 20.4 Å². The SMILES string of the molecule is CC(=O)Nc1ccc(NC(=O)C[NH+]2CCN(c3ccccc3)CC2)cc1. The molecule has 2 aromatic carbocycles. The van der Waals surface area contributed by atoms with E-state index in [2.05, 4.69) is 39.8 Å². The van der Waals surface area contributed by atoms with Gasteiger partial charge in [0.2, 0.25) is 5.91 Å². The minimum absolute atomic E-state index is 0.0143. The highest BCUT2D eigenvalue weighted by atomic mass is 16.2. The van der Waals surface area contributed by atoms with Gasteiger partial charge in [0.15, 0.2) is 6.54 Å². The second-order valence-electron chi connectivity index (χ2n) is 6.56. The molecule has 6 nitrogen and oxygen atoms in total. The second kappa shape index (κ2) is 8.49. The number of benzene rings is 2. The van der Waals surface area contributed by atoms with Crippen LogP contribution in [0.15, 0.2) is 54.6 Å². The Morgan fingerprint density at radius 1 is 0.923 bits per heavy atom. The van der Waals surface area contributed by atoms with Crippen molar-refractivity contribution >= 4 is 28.9 Å². The molecule has 2 amide bonds. The Hall–Kier alpha value is -2.86. The summed E-state index contributed by atoms with van der Waals surface area (Å²) in [7, 11) is 0. The number of para-hydroxylation sites is 1. The molecule has 0 bridgehead atoms. The van der Waals surface area contributed by atoms with E-state index in [0.29, 0.717) is 6.54 Å². The van der Waals surface area contributed by atoms with Crippen LogP contribution in [0, 0.1) is 0 Å². The van der Waals surface area contributed by atoms with Crippen molar-refractivity contribution < 1.29 is 14.5 Å². The zero-order chi connectivity index (χ0) is 18.4. The van der Waals surface area contributed by atoms with Crippen LogP contribution in [0.1, 0.15) is 6.92 Å². The number of nitrogens with zero attached hydrogens (tertiary/aromatic N) is 1. The molecule has 1 heterocycles. The predicted octanol–water partition coefficient (Wildman–Crippen LogP) is 0.989. The summed E-state index contributed by atoms with van der Waals surface area (Å²) >= 11 is 0. The van der Waals surface area contributed by atoms with Crippen molar-refractivity contribution in [1.82, 2.24) is 0 Å². The van der Waals surface area contributed by atoms with Crippen LogP contribution in [0.25, 0.3) is 0 Å². The highest BCUT2D eigenvalue weighted by molar-refractivity contribution is 5.92. The largest absolute Gasteiger partial charge is 0.360 e. The number of hydrogen-bond acceptors (Lipinski definition) is 3. The lowest BCUT2D eigenvalue weighted by Crippen LogP contribution is -3.15. The molecule has 0 saturated carbocycles. The molecule has 1 aliphatic rings. The number of anilines is 3. The standard InChI is InChI=1S/C20H24N4O2/c1-16(25)21-17-7-9-18(10-8-17)22-20(26)15-23-11-13-24(14-12-23)19-5-3-2-4-6-19/h2-10H,11-15H2,1H3,(H,21,25)(H,22,26)/p+1. The minimum atomic E-state index is -0.111. The minimum Gasteiger partial charge on any atom is -0.360 e. The van der Waals surface area contributed by atoms with Gasteiger partial charge in [-0.15, -0.1) is 0 Å². The fourth-order valence-electron chi connectivity index (χ4n) is 3.17. The molecule has 0 radical (unpaired) electrons. The lowest BCUT2D eigenvalue weighted by atomic mass is 10.2. The van der Waals surface area contributed by atoms with Crippen molar-refractivity contribution in [1.29, 1.82) is 0 Å². The molecule has 0 atom stereocenters. The van der Waals surface area contributed by atoms with Crippen molar-refractivity contribution in [2.45, 2.75) is 6.92 Å². The fourth-order valence-corrected chi connectivity index (χ4v) is 3.17. The van der Waals surface area contributed by atoms with Gasteiger partial charge in [-0.25, -0.2) is 0 Å². The third-order valence-corrected chi connectivity index (χ3v) is 4.49. The van der Waals surface area contributed by atoms with Gasteiger partial charge in [0.05, 0.1) is 26.2 Å². The number of piperazine rings is 1. The summed E-state index contributed by atoms with van der Waals surface area (Å²) in [5, 5.41) is 5.63. The van der Waals surface area contributed by atoms with E-state index in [4.69, 9.17) is 0 Å². The second-order valence-corrected chi connectivity index (χ2v) is 6.56. The molecule has 2 aromatic rings. The Morgan fingerprint density at radius 3 is 2.08 bits per heavy atom. The van der Waals surface area contributed by atoms with E-state index >= 15 is 0 Å². The summed E-state index contributed by atoms with van der Waals surface area (Å²) in [6, 6.07) is 17.5. The van der Waals surface area contributed by atoms with Crippen LogP contribution in [0.5, 0.6) is 0 Å². The topological polar surface area (TPSA) is 65.9 Å². The van der Waals surface area contributed by atoms with Gasteiger partial charge in [-0.1, -0.05) is 18.2 Å². The first-order chi connectivity index (χ1) is 12.6. The number of carbonyl (C=O) groups excluding carboxylic acids is 2. The molecule has 1 fully saturated rings. The van der Waals surface area contributed by atoms with Crippen LogP contribution in [-0.4, -0.2) is 44.5 Å². The van der Waals surface area contributed by atoms with E-state index in [1.165, 1.54) is 17.5 Å². The predicted molar refractivity (Wildman–Crippen MR) is 104 cm³/mol. The summed E-state index contributed by atoms with van der Waals surface area (Å²) < 4.78 is 0. The first kappa shape index (κ1) is 17.9. The molecule has 3 rings (SSSR count). The maximum atomic E-state index is 12.3. The Balaban J connectivity index is 1.45. The Labute approximate surface area is 153 Å². The lowest BCUT2D eigenvalue weighted by molar-refractivity contribution is -0.892. The molecular formula is C20H25N4O2+. The average molecular weight is 353 g/mol. The third-order valence-electron chi connectivity index (χ3n) is 4.49. The van der Waals surface area contributed by atoms with E-state index in [0.717, 1.165) is 37.6 Å². The average Bonchev–Trinajstić information content (AvgIpc) is 2.64. The maximum Gasteiger partial charge on any atom is 0.279 e. The highest BCUT2D eigenvalue weighted by Gasteiger charge is 2.22. The van der Waals surface area contributed by atoms with Crippen molar-refractivity contribution in [3.05, 3.63) is 54.6 Å². The first-order valence-electron chi connectivity index (χ1n) is 8.91. The monoisotopic (exact) mass is 353 g/mol. The molecule has 0 spiro atoms. The summed E-state index contributed by atoms with van der Waals surface area (Å²) in [4.78, 5) is 27.0. The molecule has 1 saturated heterocycles. The Bertz CT molecular complexity index is 738. The fraction of sp³-hybridized carbons (Fsp3) is 0.300. The number of nitrogens with one attached hydrogen (secondary N) is 3. The van der Waals surface area contributed by atoms with Crippen molar-refractivity contribution in [3.8, 4) is 0 Å². The lowest BCUT2D eigenvalue weighted by Gasteiger charge is -2.33. The molecule has 0 unspecified atom stereocenters. The number of quaternary nitrogens is 1. The molecule has 26 heavy (non-hydrogen) atoms. The first-order valence-corrected chi connectivity index (χ1v) is 8.91. The molecule has 3 N–H and O–H groups in total. The van der Waals surface area contributed by atoms with E-state index < -0.39 is 0 Å². The van der Waals surface area contributed by atoms with Crippen LogP contribution in [-0.2, 0) is 9.59 Å². The van der Waals surface area contributed by atoms with E-state index in [1.807, 2.05) is 6.07 Å². The summed E-state index contributed by atoms with van der Waals surface area (Å²) in [6.45, 7) is 5.75. The maximum absolute atomic E-state index is 12.3. The van der Waals surface area contributed by atoms with Gasteiger partial charge in [-0.05, 0) is 36.4 Å². The summed E-state index contributed by atoms with van der Waals surface area (Å²) in [5.41, 5.74) is 2.71. The van der Waals surface area contributed by atoms with E-state index in [9.17, 15) is 9.59 Å². The van der Waals surface area contributed by atoms with Gasteiger partial charge < -0.3 is 20.4 Å². The molecule has 0 aliphatic carbocycles. The number of carbonyl (C=O) groups is 2.